The highest BCUT2D eigenvalue weighted by molar-refractivity contribution is 6.08. The zero-order valence-electron chi connectivity index (χ0n) is 10.8. The smallest absolute Gasteiger partial charge is 0.327 e. The van der Waals surface area contributed by atoms with Crippen LogP contribution in [0.25, 0.3) is 0 Å². The number of carboxylic acids is 1. The summed E-state index contributed by atoms with van der Waals surface area (Å²) in [5, 5.41) is 9.12. The standard InChI is InChI=1S/C14H17NO4/c1-3-5-11(14(18)19)15-12(16)9-6-8(4-2)7-10(9)13(15)17/h1,8-11H,4-7H2,2H3,(H,18,19). The van der Waals surface area contributed by atoms with Crippen molar-refractivity contribution in [1.82, 2.24) is 4.90 Å². The van der Waals surface area contributed by atoms with Crippen molar-refractivity contribution in [2.24, 2.45) is 17.8 Å². The van der Waals surface area contributed by atoms with Gasteiger partial charge in [-0.05, 0) is 18.8 Å². The van der Waals surface area contributed by atoms with Crippen LogP contribution < -0.4 is 0 Å². The fraction of sp³-hybridized carbons (Fsp3) is 0.643. The van der Waals surface area contributed by atoms with Crippen LogP contribution in [0.5, 0.6) is 0 Å². The minimum absolute atomic E-state index is 0.135. The van der Waals surface area contributed by atoms with Crippen LogP contribution in [0.1, 0.15) is 32.6 Å². The zero-order chi connectivity index (χ0) is 14.2. The molecular weight excluding hydrogens is 246 g/mol. The van der Waals surface area contributed by atoms with Crippen molar-refractivity contribution in [2.75, 3.05) is 0 Å². The molecular formula is C14H17NO4. The first kappa shape index (κ1) is 13.6. The second kappa shape index (κ2) is 5.04. The number of fused-ring (bicyclic) bond motifs is 1. The molecule has 1 N–H and O–H groups in total. The van der Waals surface area contributed by atoms with Crippen molar-refractivity contribution in [1.29, 1.82) is 0 Å². The van der Waals surface area contributed by atoms with E-state index in [0.717, 1.165) is 11.3 Å². The molecule has 1 saturated carbocycles. The molecule has 1 saturated heterocycles. The fourth-order valence-electron chi connectivity index (χ4n) is 3.20. The lowest BCUT2D eigenvalue weighted by Crippen LogP contribution is -2.45. The van der Waals surface area contributed by atoms with Gasteiger partial charge in [-0.3, -0.25) is 14.5 Å². The van der Waals surface area contributed by atoms with Gasteiger partial charge in [-0.1, -0.05) is 13.3 Å². The molecule has 1 aliphatic carbocycles. The van der Waals surface area contributed by atoms with E-state index >= 15 is 0 Å². The number of hydrogen-bond donors (Lipinski definition) is 1. The highest BCUT2D eigenvalue weighted by Crippen LogP contribution is 2.45. The van der Waals surface area contributed by atoms with Crippen LogP contribution in [-0.4, -0.2) is 33.8 Å². The second-order valence-electron chi connectivity index (χ2n) is 5.27. The number of likely N-dealkylation sites (tertiary alicyclic amines) is 1. The highest BCUT2D eigenvalue weighted by Gasteiger charge is 2.54. The summed E-state index contributed by atoms with van der Waals surface area (Å²) in [6.07, 6.45) is 7.30. The monoisotopic (exact) mass is 263 g/mol. The number of imide groups is 1. The maximum absolute atomic E-state index is 12.3. The molecule has 2 rings (SSSR count). The van der Waals surface area contributed by atoms with Crippen LogP contribution in [0, 0.1) is 30.1 Å². The lowest BCUT2D eigenvalue weighted by molar-refractivity contribution is -0.155. The normalized spacial score (nSPS) is 31.2. The number of carbonyl (C=O) groups is 3. The number of aliphatic carboxylic acids is 1. The number of hydrogen-bond acceptors (Lipinski definition) is 3. The van der Waals surface area contributed by atoms with Crippen LogP contribution in [0.2, 0.25) is 0 Å². The van der Waals surface area contributed by atoms with Crippen molar-refractivity contribution < 1.29 is 19.5 Å². The molecule has 3 atom stereocenters. The van der Waals surface area contributed by atoms with E-state index in [1.54, 1.807) is 0 Å². The Morgan fingerprint density at radius 1 is 1.42 bits per heavy atom. The Hall–Kier alpha value is -1.83. The quantitative estimate of drug-likeness (QED) is 0.603. The molecule has 0 aromatic rings. The third-order valence-corrected chi connectivity index (χ3v) is 4.25. The van der Waals surface area contributed by atoms with E-state index in [1.807, 2.05) is 6.92 Å². The summed E-state index contributed by atoms with van der Waals surface area (Å²) in [7, 11) is 0. The molecule has 102 valence electrons. The molecule has 5 nitrogen and oxygen atoms in total. The van der Waals surface area contributed by atoms with E-state index in [4.69, 9.17) is 11.5 Å². The lowest BCUT2D eigenvalue weighted by atomic mass is 10.00. The van der Waals surface area contributed by atoms with Gasteiger partial charge >= 0.3 is 5.97 Å². The molecule has 0 bridgehead atoms. The van der Waals surface area contributed by atoms with Gasteiger partial charge in [-0.15, -0.1) is 12.3 Å². The molecule has 19 heavy (non-hydrogen) atoms. The summed E-state index contributed by atoms with van der Waals surface area (Å²) in [6, 6.07) is -1.21. The summed E-state index contributed by atoms with van der Waals surface area (Å²) in [4.78, 5) is 36.6. The summed E-state index contributed by atoms with van der Waals surface area (Å²) in [5.74, 6) is 0.0212. The molecule has 3 unspecified atom stereocenters. The van der Waals surface area contributed by atoms with Crippen molar-refractivity contribution in [3.05, 3.63) is 0 Å². The molecule has 5 heteroatoms. The van der Waals surface area contributed by atoms with Gasteiger partial charge in [0.1, 0.15) is 6.04 Å². The number of nitrogens with zero attached hydrogens (tertiary/aromatic N) is 1. The first-order valence-electron chi connectivity index (χ1n) is 6.54. The summed E-state index contributed by atoms with van der Waals surface area (Å²) >= 11 is 0. The summed E-state index contributed by atoms with van der Waals surface area (Å²) in [5.41, 5.74) is 0. The Labute approximate surface area is 112 Å². The SMILES string of the molecule is C#CCC(C(=O)O)N1C(=O)C2CC(CC)CC2C1=O. The molecule has 1 aliphatic heterocycles. The van der Waals surface area contributed by atoms with Crippen molar-refractivity contribution in [3.8, 4) is 12.3 Å². The van der Waals surface area contributed by atoms with E-state index in [2.05, 4.69) is 5.92 Å². The van der Waals surface area contributed by atoms with Gasteiger partial charge in [-0.2, -0.15) is 0 Å². The van der Waals surface area contributed by atoms with E-state index in [-0.39, 0.29) is 30.1 Å². The lowest BCUT2D eigenvalue weighted by Gasteiger charge is -2.22. The summed E-state index contributed by atoms with van der Waals surface area (Å²) < 4.78 is 0. The van der Waals surface area contributed by atoms with Crippen LogP contribution >= 0.6 is 0 Å². The average molecular weight is 263 g/mol. The molecule has 2 fully saturated rings. The van der Waals surface area contributed by atoms with Crippen molar-refractivity contribution >= 4 is 17.8 Å². The van der Waals surface area contributed by atoms with Crippen molar-refractivity contribution in [2.45, 2.75) is 38.6 Å². The van der Waals surface area contributed by atoms with Gasteiger partial charge < -0.3 is 5.11 Å². The highest BCUT2D eigenvalue weighted by atomic mass is 16.4. The van der Waals surface area contributed by atoms with E-state index in [9.17, 15) is 14.4 Å². The Morgan fingerprint density at radius 3 is 2.32 bits per heavy atom. The maximum Gasteiger partial charge on any atom is 0.327 e. The predicted octanol–water partition coefficient (Wildman–Crippen LogP) is 0.884. The molecule has 0 aromatic heterocycles. The number of carboxylic acid groups (broad SMARTS) is 1. The van der Waals surface area contributed by atoms with Crippen LogP contribution in [-0.2, 0) is 14.4 Å². The van der Waals surface area contributed by atoms with Gasteiger partial charge in [0.15, 0.2) is 0 Å². The Balaban J connectivity index is 2.22. The molecule has 2 amide bonds. The molecule has 1 heterocycles. The maximum atomic E-state index is 12.3. The van der Waals surface area contributed by atoms with Crippen LogP contribution in [0.3, 0.4) is 0 Å². The first-order chi connectivity index (χ1) is 9.01. The Morgan fingerprint density at radius 2 is 1.95 bits per heavy atom. The van der Waals surface area contributed by atoms with E-state index < -0.39 is 12.0 Å². The fourth-order valence-corrected chi connectivity index (χ4v) is 3.20. The van der Waals surface area contributed by atoms with E-state index in [1.165, 1.54) is 0 Å². The molecule has 2 aliphatic rings. The van der Waals surface area contributed by atoms with E-state index in [0.29, 0.717) is 18.8 Å². The second-order valence-corrected chi connectivity index (χ2v) is 5.27. The third-order valence-electron chi connectivity index (χ3n) is 4.25. The minimum Gasteiger partial charge on any atom is -0.480 e. The number of carbonyl (C=O) groups excluding carboxylic acids is 2. The van der Waals surface area contributed by atoms with Crippen molar-refractivity contribution in [3.63, 3.8) is 0 Å². The molecule has 0 aromatic carbocycles. The number of amides is 2. The number of rotatable bonds is 4. The largest absolute Gasteiger partial charge is 0.480 e. The predicted molar refractivity (Wildman–Crippen MR) is 66.7 cm³/mol. The number of terminal acetylenes is 1. The van der Waals surface area contributed by atoms with Gasteiger partial charge in [0.05, 0.1) is 11.8 Å². The molecule has 0 spiro atoms. The van der Waals surface area contributed by atoms with Crippen LogP contribution in [0.15, 0.2) is 0 Å². The summed E-state index contributed by atoms with van der Waals surface area (Å²) in [6.45, 7) is 2.04. The van der Waals surface area contributed by atoms with Gasteiger partial charge in [-0.25, -0.2) is 4.79 Å². The zero-order valence-corrected chi connectivity index (χ0v) is 10.8. The van der Waals surface area contributed by atoms with Gasteiger partial charge in [0, 0.05) is 6.42 Å². The first-order valence-corrected chi connectivity index (χ1v) is 6.54. The van der Waals surface area contributed by atoms with Gasteiger partial charge in [0.2, 0.25) is 11.8 Å². The van der Waals surface area contributed by atoms with Crippen LogP contribution in [0.4, 0.5) is 0 Å². The average Bonchev–Trinajstić information content (AvgIpc) is 2.89. The topological polar surface area (TPSA) is 74.7 Å². The van der Waals surface area contributed by atoms with Gasteiger partial charge in [0.25, 0.3) is 0 Å². The Bertz CT molecular complexity index is 441. The minimum atomic E-state index is -1.22. The Kier molecular flexibility index (Phi) is 3.61. The third kappa shape index (κ3) is 2.12. The molecule has 0 radical (unpaired) electrons.